The lowest BCUT2D eigenvalue weighted by molar-refractivity contribution is 0.102. The minimum atomic E-state index is -0.487. The minimum Gasteiger partial charge on any atom is -0.305 e. The summed E-state index contributed by atoms with van der Waals surface area (Å²) in [5.74, 6) is -0.519. The number of anilines is 1. The first-order valence-electron chi connectivity index (χ1n) is 6.08. The van der Waals surface area contributed by atoms with Gasteiger partial charge < -0.3 is 5.32 Å². The Labute approximate surface area is 111 Å². The SMILES string of the molecule is CC(C)c1cccc(C(=O)Nc2ccn(C)n2)c1F. The second kappa shape index (κ2) is 5.22. The quantitative estimate of drug-likeness (QED) is 0.923. The van der Waals surface area contributed by atoms with Crippen molar-refractivity contribution in [1.29, 1.82) is 0 Å². The first-order valence-corrected chi connectivity index (χ1v) is 6.08. The van der Waals surface area contributed by atoms with Crippen molar-refractivity contribution in [3.63, 3.8) is 0 Å². The van der Waals surface area contributed by atoms with Gasteiger partial charge in [0.15, 0.2) is 5.82 Å². The predicted octanol–water partition coefficient (Wildman–Crippen LogP) is 2.93. The molecule has 0 unspecified atom stereocenters. The summed E-state index contributed by atoms with van der Waals surface area (Å²) in [5, 5.41) is 6.60. The van der Waals surface area contributed by atoms with Crippen LogP contribution in [0.25, 0.3) is 0 Å². The molecule has 0 atom stereocenters. The van der Waals surface area contributed by atoms with E-state index in [1.54, 1.807) is 36.1 Å². The molecule has 1 N–H and O–H groups in total. The molecule has 0 aliphatic carbocycles. The molecule has 0 bridgehead atoms. The van der Waals surface area contributed by atoms with E-state index >= 15 is 0 Å². The maximum absolute atomic E-state index is 14.2. The summed E-state index contributed by atoms with van der Waals surface area (Å²) in [7, 11) is 1.75. The van der Waals surface area contributed by atoms with Crippen LogP contribution in [0.5, 0.6) is 0 Å². The molecule has 2 rings (SSSR count). The van der Waals surface area contributed by atoms with E-state index < -0.39 is 11.7 Å². The maximum atomic E-state index is 14.2. The Morgan fingerprint density at radius 3 is 2.68 bits per heavy atom. The van der Waals surface area contributed by atoms with Crippen LogP contribution in [0.4, 0.5) is 10.2 Å². The van der Waals surface area contributed by atoms with Gasteiger partial charge in [-0.15, -0.1) is 0 Å². The number of benzene rings is 1. The van der Waals surface area contributed by atoms with Crippen LogP contribution in [-0.4, -0.2) is 15.7 Å². The number of carbonyl (C=O) groups excluding carboxylic acids is 1. The highest BCUT2D eigenvalue weighted by Gasteiger charge is 2.17. The molecule has 2 aromatic rings. The molecule has 1 heterocycles. The van der Waals surface area contributed by atoms with Crippen molar-refractivity contribution in [3.8, 4) is 0 Å². The van der Waals surface area contributed by atoms with Crippen LogP contribution in [-0.2, 0) is 7.05 Å². The summed E-state index contributed by atoms with van der Waals surface area (Å²) >= 11 is 0. The third-order valence-electron chi connectivity index (χ3n) is 2.85. The fourth-order valence-electron chi connectivity index (χ4n) is 1.84. The summed E-state index contributed by atoms with van der Waals surface area (Å²) in [6.45, 7) is 3.78. The Balaban J connectivity index is 2.26. The second-order valence-corrected chi connectivity index (χ2v) is 4.69. The molecule has 100 valence electrons. The van der Waals surface area contributed by atoms with Gasteiger partial charge in [0.05, 0.1) is 5.56 Å². The van der Waals surface area contributed by atoms with Gasteiger partial charge in [-0.05, 0) is 17.5 Å². The monoisotopic (exact) mass is 261 g/mol. The van der Waals surface area contributed by atoms with Crippen molar-refractivity contribution in [2.75, 3.05) is 5.32 Å². The molecule has 1 aromatic carbocycles. The van der Waals surface area contributed by atoms with E-state index in [-0.39, 0.29) is 11.5 Å². The molecule has 0 fully saturated rings. The summed E-state index contributed by atoms with van der Waals surface area (Å²) < 4.78 is 15.8. The van der Waals surface area contributed by atoms with Crippen LogP contribution in [0.2, 0.25) is 0 Å². The molecular weight excluding hydrogens is 245 g/mol. The lowest BCUT2D eigenvalue weighted by atomic mass is 9.99. The average molecular weight is 261 g/mol. The number of aromatic nitrogens is 2. The molecule has 4 nitrogen and oxygen atoms in total. The van der Waals surface area contributed by atoms with Gasteiger partial charge in [0.25, 0.3) is 5.91 Å². The fraction of sp³-hybridized carbons (Fsp3) is 0.286. The Hall–Kier alpha value is -2.17. The smallest absolute Gasteiger partial charge is 0.259 e. The molecular formula is C14H16FN3O. The number of halogens is 1. The number of rotatable bonds is 3. The largest absolute Gasteiger partial charge is 0.305 e. The Morgan fingerprint density at radius 1 is 1.37 bits per heavy atom. The van der Waals surface area contributed by atoms with Gasteiger partial charge in [0.2, 0.25) is 0 Å². The molecule has 19 heavy (non-hydrogen) atoms. The predicted molar refractivity (Wildman–Crippen MR) is 71.7 cm³/mol. The van der Waals surface area contributed by atoms with E-state index in [0.717, 1.165) is 0 Å². The Morgan fingerprint density at radius 2 is 2.11 bits per heavy atom. The zero-order valence-corrected chi connectivity index (χ0v) is 11.1. The molecule has 0 aliphatic heterocycles. The number of amides is 1. The lowest BCUT2D eigenvalue weighted by Crippen LogP contribution is -2.15. The molecule has 5 heteroatoms. The number of hydrogen-bond acceptors (Lipinski definition) is 2. The molecule has 1 aromatic heterocycles. The van der Waals surface area contributed by atoms with Crippen molar-refractivity contribution >= 4 is 11.7 Å². The lowest BCUT2D eigenvalue weighted by Gasteiger charge is -2.10. The van der Waals surface area contributed by atoms with E-state index in [2.05, 4.69) is 10.4 Å². The van der Waals surface area contributed by atoms with Crippen molar-refractivity contribution in [3.05, 3.63) is 47.4 Å². The average Bonchev–Trinajstić information content (AvgIpc) is 2.74. The van der Waals surface area contributed by atoms with Crippen LogP contribution in [0.15, 0.2) is 30.5 Å². The molecule has 1 amide bonds. The number of hydrogen-bond donors (Lipinski definition) is 1. The number of nitrogens with zero attached hydrogens (tertiary/aromatic N) is 2. The molecule has 0 aliphatic rings. The zero-order chi connectivity index (χ0) is 14.0. The zero-order valence-electron chi connectivity index (χ0n) is 11.1. The van der Waals surface area contributed by atoms with Crippen LogP contribution >= 0.6 is 0 Å². The van der Waals surface area contributed by atoms with E-state index in [0.29, 0.717) is 11.4 Å². The molecule has 0 radical (unpaired) electrons. The summed E-state index contributed by atoms with van der Waals surface area (Å²) in [5.41, 5.74) is 0.575. The maximum Gasteiger partial charge on any atom is 0.259 e. The van der Waals surface area contributed by atoms with Gasteiger partial charge in [0, 0.05) is 19.3 Å². The molecule has 0 spiro atoms. The van der Waals surface area contributed by atoms with E-state index in [1.165, 1.54) is 6.07 Å². The van der Waals surface area contributed by atoms with Crippen molar-refractivity contribution in [2.45, 2.75) is 19.8 Å². The summed E-state index contributed by atoms with van der Waals surface area (Å²) in [6.07, 6.45) is 1.70. The van der Waals surface area contributed by atoms with Gasteiger partial charge in [-0.25, -0.2) is 4.39 Å². The first kappa shape index (κ1) is 13.3. The van der Waals surface area contributed by atoms with Gasteiger partial charge in [-0.3, -0.25) is 9.48 Å². The van der Waals surface area contributed by atoms with Crippen molar-refractivity contribution in [2.24, 2.45) is 7.05 Å². The van der Waals surface area contributed by atoms with Gasteiger partial charge >= 0.3 is 0 Å². The minimum absolute atomic E-state index is 0.0302. The second-order valence-electron chi connectivity index (χ2n) is 4.69. The molecule has 0 saturated heterocycles. The third-order valence-corrected chi connectivity index (χ3v) is 2.85. The highest BCUT2D eigenvalue weighted by Crippen LogP contribution is 2.21. The Bertz CT molecular complexity index is 604. The number of aryl methyl sites for hydroxylation is 1. The highest BCUT2D eigenvalue weighted by atomic mass is 19.1. The van der Waals surface area contributed by atoms with Crippen LogP contribution in [0.1, 0.15) is 35.7 Å². The number of carbonyl (C=O) groups is 1. The topological polar surface area (TPSA) is 46.9 Å². The fourth-order valence-corrected chi connectivity index (χ4v) is 1.84. The van der Waals surface area contributed by atoms with Crippen molar-refractivity contribution in [1.82, 2.24) is 9.78 Å². The van der Waals surface area contributed by atoms with E-state index in [9.17, 15) is 9.18 Å². The van der Waals surface area contributed by atoms with Gasteiger partial charge in [0.1, 0.15) is 5.82 Å². The van der Waals surface area contributed by atoms with E-state index in [4.69, 9.17) is 0 Å². The molecule has 0 saturated carbocycles. The first-order chi connectivity index (χ1) is 8.99. The van der Waals surface area contributed by atoms with Crippen LogP contribution in [0.3, 0.4) is 0 Å². The van der Waals surface area contributed by atoms with Gasteiger partial charge in [-0.1, -0.05) is 26.0 Å². The highest BCUT2D eigenvalue weighted by molar-refractivity contribution is 6.04. The van der Waals surface area contributed by atoms with Gasteiger partial charge in [-0.2, -0.15) is 5.10 Å². The normalized spacial score (nSPS) is 10.8. The summed E-state index contributed by atoms with van der Waals surface area (Å²) in [4.78, 5) is 12.0. The van der Waals surface area contributed by atoms with Crippen molar-refractivity contribution < 1.29 is 9.18 Å². The Kier molecular flexibility index (Phi) is 3.64. The third kappa shape index (κ3) is 2.81. The standard InChI is InChI=1S/C14H16FN3O/c1-9(2)10-5-4-6-11(13(10)15)14(19)16-12-7-8-18(3)17-12/h4-9H,1-3H3,(H,16,17,19). The number of nitrogens with one attached hydrogen (secondary N) is 1. The van der Waals surface area contributed by atoms with Crippen LogP contribution < -0.4 is 5.32 Å². The van der Waals surface area contributed by atoms with Crippen LogP contribution in [0, 0.1) is 5.82 Å². The van der Waals surface area contributed by atoms with E-state index in [1.807, 2.05) is 13.8 Å². The summed E-state index contributed by atoms with van der Waals surface area (Å²) in [6, 6.07) is 6.50.